The van der Waals surface area contributed by atoms with Gasteiger partial charge in [-0.3, -0.25) is 14.8 Å². The Labute approximate surface area is 231 Å². The third-order valence-electron chi connectivity index (χ3n) is 6.29. The predicted octanol–water partition coefficient (Wildman–Crippen LogP) is 5.10. The van der Waals surface area contributed by atoms with Crippen LogP contribution in [-0.2, 0) is 6.54 Å². The lowest BCUT2D eigenvalue weighted by atomic mass is 10.1. The maximum absolute atomic E-state index is 12.9. The molecule has 40 heavy (non-hydrogen) atoms. The molecule has 1 aromatic carbocycles. The van der Waals surface area contributed by atoms with Crippen LogP contribution in [0.4, 0.5) is 43.8 Å². The zero-order chi connectivity index (χ0) is 28.7. The van der Waals surface area contributed by atoms with Crippen LogP contribution in [-0.4, -0.2) is 87.5 Å². The summed E-state index contributed by atoms with van der Waals surface area (Å²) in [6, 6.07) is 8.21. The molecule has 0 radical (unpaired) electrons. The van der Waals surface area contributed by atoms with Crippen molar-refractivity contribution in [3.05, 3.63) is 47.2 Å². The Bertz CT molecular complexity index is 1400. The number of benzene rings is 1. The van der Waals surface area contributed by atoms with Gasteiger partial charge in [-0.15, -0.1) is 0 Å². The van der Waals surface area contributed by atoms with Crippen LogP contribution in [0.25, 0.3) is 0 Å². The van der Waals surface area contributed by atoms with Gasteiger partial charge in [-0.05, 0) is 42.4 Å². The molecule has 0 unspecified atom stereocenters. The molecule has 0 bridgehead atoms. The summed E-state index contributed by atoms with van der Waals surface area (Å²) in [7, 11) is 0. The summed E-state index contributed by atoms with van der Waals surface area (Å²) in [4.78, 5) is 26.1. The van der Waals surface area contributed by atoms with Crippen molar-refractivity contribution >= 4 is 35.1 Å². The quantitative estimate of drug-likeness (QED) is 0.290. The lowest BCUT2D eigenvalue weighted by Crippen LogP contribution is -2.49. The minimum absolute atomic E-state index is 0. The predicted molar refractivity (Wildman–Crippen MR) is 139 cm³/mol. The molecule has 2 aliphatic rings. The Morgan fingerprint density at radius 3 is 2.35 bits per heavy atom. The van der Waals surface area contributed by atoms with E-state index in [9.17, 15) is 31.1 Å². The third kappa shape index (κ3) is 6.96. The summed E-state index contributed by atoms with van der Waals surface area (Å²) in [6.45, 7) is 0.448. The SMILES string of the molecule is Cc1cc(Nc2cc(N3CCN(CC(F)(F)F)CC3)nc(Sc3ccc4c(c3)CN(CC(F)(F)F)C4=O)n2)n[nH]1.[HH].[HH]. The van der Waals surface area contributed by atoms with E-state index >= 15 is 0 Å². The number of alkyl halides is 6. The maximum atomic E-state index is 12.9. The van der Waals surface area contributed by atoms with E-state index in [4.69, 9.17) is 0 Å². The molecule has 16 heteroatoms. The van der Waals surface area contributed by atoms with E-state index in [-0.39, 0.29) is 28.1 Å². The topological polar surface area (TPSA) is 93.3 Å². The van der Waals surface area contributed by atoms with Gasteiger partial charge in [0, 0.05) is 63.9 Å². The van der Waals surface area contributed by atoms with Gasteiger partial charge in [-0.25, -0.2) is 9.97 Å². The van der Waals surface area contributed by atoms with Crippen molar-refractivity contribution in [2.45, 2.75) is 35.9 Å². The van der Waals surface area contributed by atoms with Crippen LogP contribution in [0.1, 0.15) is 24.5 Å². The number of aromatic amines is 1. The maximum Gasteiger partial charge on any atom is 0.406 e. The Hall–Kier alpha value is -3.53. The van der Waals surface area contributed by atoms with Gasteiger partial charge in [0.15, 0.2) is 11.0 Å². The number of fused-ring (bicyclic) bond motifs is 1. The van der Waals surface area contributed by atoms with Crippen LogP contribution < -0.4 is 10.2 Å². The third-order valence-corrected chi connectivity index (χ3v) is 7.14. The number of aromatic nitrogens is 4. The molecule has 218 valence electrons. The number of H-pyrrole nitrogens is 1. The highest BCUT2D eigenvalue weighted by molar-refractivity contribution is 7.99. The van der Waals surface area contributed by atoms with E-state index in [0.29, 0.717) is 46.2 Å². The molecule has 9 nitrogen and oxygen atoms in total. The molecule has 4 heterocycles. The number of piperazine rings is 1. The molecule has 2 N–H and O–H groups in total. The first-order chi connectivity index (χ1) is 18.8. The van der Waals surface area contributed by atoms with Crippen molar-refractivity contribution in [3.8, 4) is 0 Å². The van der Waals surface area contributed by atoms with Crippen LogP contribution in [0, 0.1) is 6.92 Å². The van der Waals surface area contributed by atoms with Crippen molar-refractivity contribution < 1.29 is 34.0 Å². The van der Waals surface area contributed by atoms with Crippen LogP contribution in [0.5, 0.6) is 0 Å². The lowest BCUT2D eigenvalue weighted by molar-refractivity contribution is -0.146. The Morgan fingerprint density at radius 2 is 1.70 bits per heavy atom. The van der Waals surface area contributed by atoms with Gasteiger partial charge >= 0.3 is 12.4 Å². The van der Waals surface area contributed by atoms with Crippen LogP contribution in [0.15, 0.2) is 40.4 Å². The number of aryl methyl sites for hydroxylation is 1. The number of amides is 1. The molecule has 0 atom stereocenters. The van der Waals surface area contributed by atoms with Gasteiger partial charge in [-0.1, -0.05) is 0 Å². The van der Waals surface area contributed by atoms with E-state index in [2.05, 4.69) is 25.5 Å². The van der Waals surface area contributed by atoms with Crippen molar-refractivity contribution in [1.29, 1.82) is 0 Å². The van der Waals surface area contributed by atoms with Gasteiger partial charge in [0.05, 0.1) is 6.54 Å². The molecule has 1 saturated heterocycles. The van der Waals surface area contributed by atoms with Crippen LogP contribution >= 0.6 is 11.8 Å². The fourth-order valence-electron chi connectivity index (χ4n) is 4.56. The fourth-order valence-corrected chi connectivity index (χ4v) is 5.39. The van der Waals surface area contributed by atoms with Crippen LogP contribution in [0.2, 0.25) is 0 Å². The Kier molecular flexibility index (Phi) is 7.56. The number of nitrogens with one attached hydrogen (secondary N) is 2. The lowest BCUT2D eigenvalue weighted by Gasteiger charge is -2.35. The average molecular weight is 591 g/mol. The van der Waals surface area contributed by atoms with Crippen molar-refractivity contribution in [3.63, 3.8) is 0 Å². The zero-order valence-corrected chi connectivity index (χ0v) is 21.9. The van der Waals surface area contributed by atoms with Gasteiger partial charge in [0.25, 0.3) is 5.91 Å². The van der Waals surface area contributed by atoms with E-state index in [1.165, 1.54) is 11.0 Å². The molecule has 0 aliphatic carbocycles. The molecule has 5 rings (SSSR count). The second kappa shape index (κ2) is 10.8. The summed E-state index contributed by atoms with van der Waals surface area (Å²) >= 11 is 1.16. The first-order valence-corrected chi connectivity index (χ1v) is 13.0. The van der Waals surface area contributed by atoms with Gasteiger partial charge in [-0.2, -0.15) is 31.4 Å². The van der Waals surface area contributed by atoms with E-state index < -0.39 is 31.3 Å². The molecule has 2 aromatic heterocycles. The highest BCUT2D eigenvalue weighted by Gasteiger charge is 2.37. The summed E-state index contributed by atoms with van der Waals surface area (Å²) in [5.41, 5.74) is 1.51. The van der Waals surface area contributed by atoms with Crippen molar-refractivity contribution in [2.75, 3.05) is 49.5 Å². The largest absolute Gasteiger partial charge is 0.406 e. The molecule has 2 aliphatic heterocycles. The second-order valence-electron chi connectivity index (χ2n) is 9.53. The van der Waals surface area contributed by atoms with Crippen molar-refractivity contribution in [1.82, 2.24) is 30.0 Å². The normalized spacial score (nSPS) is 16.5. The number of carbonyl (C=O) groups excluding carboxylic acids is 1. The molecule has 1 amide bonds. The summed E-state index contributed by atoms with van der Waals surface area (Å²) in [5, 5.41) is 10.4. The highest BCUT2D eigenvalue weighted by atomic mass is 32.2. The molecular weight excluding hydrogens is 562 g/mol. The minimum Gasteiger partial charge on any atom is -0.354 e. The summed E-state index contributed by atoms with van der Waals surface area (Å²) in [5.74, 6) is 0.748. The summed E-state index contributed by atoms with van der Waals surface area (Å²) < 4.78 is 77.0. The zero-order valence-electron chi connectivity index (χ0n) is 21.1. The number of rotatable bonds is 7. The monoisotopic (exact) mass is 590 g/mol. The molecular formula is C24H28F6N8OS. The summed E-state index contributed by atoms with van der Waals surface area (Å²) in [6.07, 6.45) is -8.78. The standard InChI is InChI=1S/C24H24F6N8OS.2H2/c1-14-8-19(35-34-14)31-18-10-20(37-6-4-36(5-7-37)12-23(25,26)27)33-22(32-18)40-16-2-3-17-15(9-16)11-38(21(17)39)13-24(28,29)30;;/h2-3,8-10H,4-7,11-13H2,1H3,(H2,31,32,33,34,35);2*1H. The number of carbonyl (C=O) groups is 1. The minimum atomic E-state index is -4.50. The second-order valence-corrected chi connectivity index (χ2v) is 10.6. The van der Waals surface area contributed by atoms with E-state index in [1.54, 1.807) is 24.3 Å². The molecule has 1 fully saturated rings. The number of halogens is 6. The van der Waals surface area contributed by atoms with E-state index in [1.807, 2.05) is 11.8 Å². The molecule has 0 spiro atoms. The van der Waals surface area contributed by atoms with Gasteiger partial charge < -0.3 is 15.1 Å². The number of nitrogens with zero attached hydrogens (tertiary/aromatic N) is 6. The fraction of sp³-hybridized carbons (Fsp3) is 0.417. The number of hydrogen-bond acceptors (Lipinski definition) is 8. The van der Waals surface area contributed by atoms with E-state index in [0.717, 1.165) is 22.4 Å². The first-order valence-electron chi connectivity index (χ1n) is 12.2. The first kappa shape index (κ1) is 28.0. The van der Waals surface area contributed by atoms with Crippen LogP contribution in [0.3, 0.4) is 0 Å². The molecule has 3 aromatic rings. The Balaban J connectivity index is 0.00000242. The number of anilines is 3. The number of hydrogen-bond donors (Lipinski definition) is 2. The van der Waals surface area contributed by atoms with Gasteiger partial charge in [0.2, 0.25) is 0 Å². The molecule has 0 saturated carbocycles. The smallest absolute Gasteiger partial charge is 0.354 e. The average Bonchev–Trinajstić information content (AvgIpc) is 3.39. The van der Waals surface area contributed by atoms with Gasteiger partial charge in [0.1, 0.15) is 18.2 Å². The van der Waals surface area contributed by atoms with Crippen molar-refractivity contribution in [2.24, 2.45) is 0 Å². The Morgan fingerprint density at radius 1 is 0.975 bits per heavy atom. The highest BCUT2D eigenvalue weighted by Crippen LogP contribution is 2.34.